The van der Waals surface area contributed by atoms with Gasteiger partial charge in [-0.25, -0.2) is 0 Å². The molecule has 6 nitrogen and oxygen atoms in total. The van der Waals surface area contributed by atoms with E-state index in [0.29, 0.717) is 25.7 Å². The predicted octanol–water partition coefficient (Wildman–Crippen LogP) is 22.9. The topological polar surface area (TPSA) is 78.9 Å². The van der Waals surface area contributed by atoms with Crippen LogP contribution in [0.4, 0.5) is 0 Å². The minimum absolute atomic E-state index is 0.103. The number of carbonyl (C=O) groups is 3. The Morgan fingerprint density at radius 1 is 0.259 bits per heavy atom. The number of esters is 3. The summed E-state index contributed by atoms with van der Waals surface area (Å²) in [5, 5.41) is 0. The molecule has 0 rings (SSSR count). The van der Waals surface area contributed by atoms with Crippen LogP contribution >= 0.6 is 0 Å². The smallest absolute Gasteiger partial charge is 0.306 e. The highest BCUT2D eigenvalue weighted by Crippen LogP contribution is 2.14. The minimum Gasteiger partial charge on any atom is -0.462 e. The Bertz CT molecular complexity index is 1810. The zero-order valence-electron chi connectivity index (χ0n) is 52.2. The number of allylic oxidation sites excluding steroid dienone is 26. The molecule has 6 heteroatoms. The lowest BCUT2D eigenvalue weighted by atomic mass is 10.1. The fraction of sp³-hybridized carbons (Fsp3) is 0.613. The summed E-state index contributed by atoms with van der Waals surface area (Å²) in [5.74, 6) is -0.964. The van der Waals surface area contributed by atoms with Gasteiger partial charge in [0, 0.05) is 19.3 Å². The zero-order valence-corrected chi connectivity index (χ0v) is 52.2. The summed E-state index contributed by atoms with van der Waals surface area (Å²) in [7, 11) is 0. The number of hydrogen-bond donors (Lipinski definition) is 0. The average molecular weight is 1120 g/mol. The largest absolute Gasteiger partial charge is 0.462 e. The number of carbonyl (C=O) groups excluding carboxylic acids is 3. The molecule has 0 saturated heterocycles. The van der Waals surface area contributed by atoms with Gasteiger partial charge in [0.1, 0.15) is 13.2 Å². The maximum Gasteiger partial charge on any atom is 0.306 e. The van der Waals surface area contributed by atoms with Crippen LogP contribution in [-0.2, 0) is 28.6 Å². The third-order valence-electron chi connectivity index (χ3n) is 13.5. The van der Waals surface area contributed by atoms with Crippen LogP contribution in [0.25, 0.3) is 0 Å². The molecule has 0 aliphatic carbocycles. The number of unbranched alkanes of at least 4 members (excludes halogenated alkanes) is 21. The summed E-state index contributed by atoms with van der Waals surface area (Å²) in [4.78, 5) is 38.2. The molecule has 0 aromatic heterocycles. The van der Waals surface area contributed by atoms with Gasteiger partial charge in [-0.05, 0) is 148 Å². The van der Waals surface area contributed by atoms with Crippen molar-refractivity contribution in [1.29, 1.82) is 0 Å². The summed E-state index contributed by atoms with van der Waals surface area (Å²) < 4.78 is 16.9. The van der Waals surface area contributed by atoms with E-state index in [1.54, 1.807) is 0 Å². The Labute approximate surface area is 499 Å². The molecule has 1 atom stereocenters. The van der Waals surface area contributed by atoms with Gasteiger partial charge >= 0.3 is 17.9 Å². The number of hydrogen-bond acceptors (Lipinski definition) is 6. The fourth-order valence-corrected chi connectivity index (χ4v) is 8.54. The van der Waals surface area contributed by atoms with Crippen molar-refractivity contribution in [3.63, 3.8) is 0 Å². The van der Waals surface area contributed by atoms with E-state index >= 15 is 0 Å². The van der Waals surface area contributed by atoms with E-state index < -0.39 is 6.10 Å². The lowest BCUT2D eigenvalue weighted by Gasteiger charge is -2.18. The van der Waals surface area contributed by atoms with Crippen molar-refractivity contribution in [3.8, 4) is 0 Å². The van der Waals surface area contributed by atoms with Crippen molar-refractivity contribution in [2.45, 2.75) is 284 Å². The Hall–Kier alpha value is -4.97. The van der Waals surface area contributed by atoms with E-state index in [9.17, 15) is 14.4 Å². The Morgan fingerprint density at radius 2 is 0.494 bits per heavy atom. The van der Waals surface area contributed by atoms with Crippen molar-refractivity contribution in [1.82, 2.24) is 0 Å². The van der Waals surface area contributed by atoms with Gasteiger partial charge in [-0.2, -0.15) is 0 Å². The molecule has 0 aliphatic rings. The number of ether oxygens (including phenoxy) is 3. The zero-order chi connectivity index (χ0) is 58.5. The molecule has 0 aromatic rings. The standard InChI is InChI=1S/C75H120O6/c1-4-7-10-13-16-19-22-24-26-28-30-31-32-33-34-35-36-37-38-39-40-41-42-43-45-46-48-50-53-56-59-62-65-68-74(77)80-71-72(70-79-73(76)67-64-61-58-55-52-21-18-15-12-9-6-3)81-75(78)69-66-63-60-57-54-51-49-47-44-29-27-25-23-20-17-14-11-8-5-2/h7,10,15-20,24-27,30-31,33-34,36-37,39-40,42-43,46,48,53,56,72H,4-6,8-9,11-14,21-23,28-29,32,35,38,41,44-45,47,49-52,54-55,57-71H2,1-3H3/b10-7-,18-15-,19-16-,20-17-,26-24-,27-25-,31-30-,34-33-,37-36-,40-39-,43-42-,48-46-,56-53-. The molecular weight excluding hydrogens is 997 g/mol. The van der Waals surface area contributed by atoms with Gasteiger partial charge in [0.25, 0.3) is 0 Å². The molecule has 81 heavy (non-hydrogen) atoms. The summed E-state index contributed by atoms with van der Waals surface area (Å²) >= 11 is 0. The van der Waals surface area contributed by atoms with Gasteiger partial charge in [0.05, 0.1) is 0 Å². The molecule has 0 aliphatic heterocycles. The highest BCUT2D eigenvalue weighted by atomic mass is 16.6. The maximum atomic E-state index is 12.9. The van der Waals surface area contributed by atoms with Crippen molar-refractivity contribution in [2.75, 3.05) is 13.2 Å². The highest BCUT2D eigenvalue weighted by molar-refractivity contribution is 5.71. The van der Waals surface area contributed by atoms with Gasteiger partial charge in [0.2, 0.25) is 0 Å². The molecular formula is C75H120O6. The van der Waals surface area contributed by atoms with Gasteiger partial charge in [0.15, 0.2) is 6.10 Å². The van der Waals surface area contributed by atoms with E-state index in [4.69, 9.17) is 14.2 Å². The van der Waals surface area contributed by atoms with Crippen LogP contribution in [0, 0.1) is 0 Å². The van der Waals surface area contributed by atoms with E-state index in [-0.39, 0.29) is 31.1 Å². The van der Waals surface area contributed by atoms with E-state index in [1.807, 2.05) is 0 Å². The molecule has 0 N–H and O–H groups in total. The summed E-state index contributed by atoms with van der Waals surface area (Å²) in [6.07, 6.45) is 98.3. The molecule has 0 heterocycles. The Morgan fingerprint density at radius 3 is 0.827 bits per heavy atom. The molecule has 1 unspecified atom stereocenters. The highest BCUT2D eigenvalue weighted by Gasteiger charge is 2.19. The summed E-state index contributed by atoms with van der Waals surface area (Å²) in [6.45, 7) is 6.41. The first kappa shape index (κ1) is 76.0. The van der Waals surface area contributed by atoms with Crippen molar-refractivity contribution in [3.05, 3.63) is 158 Å². The van der Waals surface area contributed by atoms with Gasteiger partial charge in [-0.1, -0.05) is 269 Å². The van der Waals surface area contributed by atoms with E-state index in [1.165, 1.54) is 96.3 Å². The molecule has 0 radical (unpaired) electrons. The molecule has 0 fully saturated rings. The predicted molar refractivity (Wildman–Crippen MR) is 352 cm³/mol. The molecule has 0 aromatic carbocycles. The fourth-order valence-electron chi connectivity index (χ4n) is 8.54. The molecule has 0 amide bonds. The first-order chi connectivity index (χ1) is 40.0. The van der Waals surface area contributed by atoms with Crippen LogP contribution in [0.15, 0.2) is 158 Å². The SMILES string of the molecule is CC/C=C\C/C=C\C/C=C\C/C=C\C/C=C\C/C=C\C/C=C\C/C=C\C/C=C\C/C=C\CCCCC(=O)OCC(COC(=O)CCCCCCC/C=C\CCCC)OC(=O)CCCCCCCCCCC/C=C\C/C=C\CCCCC. The molecule has 0 spiro atoms. The van der Waals surface area contributed by atoms with Crippen molar-refractivity contribution in [2.24, 2.45) is 0 Å². The van der Waals surface area contributed by atoms with Gasteiger partial charge < -0.3 is 14.2 Å². The molecule has 0 bridgehead atoms. The van der Waals surface area contributed by atoms with Crippen LogP contribution in [0.5, 0.6) is 0 Å². The lowest BCUT2D eigenvalue weighted by Crippen LogP contribution is -2.30. The second-order valence-electron chi connectivity index (χ2n) is 21.3. The summed E-state index contributed by atoms with van der Waals surface area (Å²) in [5.41, 5.74) is 0. The monoisotopic (exact) mass is 1120 g/mol. The lowest BCUT2D eigenvalue weighted by molar-refractivity contribution is -0.167. The van der Waals surface area contributed by atoms with E-state index in [0.717, 1.165) is 135 Å². The third kappa shape index (κ3) is 65.7. The van der Waals surface area contributed by atoms with E-state index in [2.05, 4.69) is 179 Å². The van der Waals surface area contributed by atoms with Crippen LogP contribution in [-0.4, -0.2) is 37.2 Å². The second kappa shape index (κ2) is 67.5. The van der Waals surface area contributed by atoms with Gasteiger partial charge in [-0.3, -0.25) is 14.4 Å². The maximum absolute atomic E-state index is 12.9. The van der Waals surface area contributed by atoms with Crippen LogP contribution in [0.1, 0.15) is 278 Å². The first-order valence-electron chi connectivity index (χ1n) is 33.0. The van der Waals surface area contributed by atoms with Gasteiger partial charge in [-0.15, -0.1) is 0 Å². The van der Waals surface area contributed by atoms with Crippen molar-refractivity contribution < 1.29 is 28.6 Å². The van der Waals surface area contributed by atoms with Crippen molar-refractivity contribution >= 4 is 17.9 Å². The van der Waals surface area contributed by atoms with Crippen LogP contribution in [0.3, 0.4) is 0 Å². The second-order valence-corrected chi connectivity index (χ2v) is 21.3. The summed E-state index contributed by atoms with van der Waals surface area (Å²) in [6, 6.07) is 0. The Kier molecular flexibility index (Phi) is 63.4. The van der Waals surface area contributed by atoms with Crippen LogP contribution in [0.2, 0.25) is 0 Å². The number of rotatable bonds is 58. The molecule has 456 valence electrons. The van der Waals surface area contributed by atoms with Crippen LogP contribution < -0.4 is 0 Å². The quantitative estimate of drug-likeness (QED) is 0.0261. The normalized spacial score (nSPS) is 13.2. The third-order valence-corrected chi connectivity index (χ3v) is 13.5. The average Bonchev–Trinajstić information content (AvgIpc) is 3.47. The minimum atomic E-state index is -0.809. The molecule has 0 saturated carbocycles. The Balaban J connectivity index is 4.37. The first-order valence-corrected chi connectivity index (χ1v) is 33.0.